The number of fused-ring (bicyclic) bond motifs is 1. The average Bonchev–Trinajstić information content (AvgIpc) is 3.20. The van der Waals surface area contributed by atoms with Gasteiger partial charge in [0, 0.05) is 22.4 Å². The second-order valence-electron chi connectivity index (χ2n) is 6.21. The molecule has 142 valence electrons. The fraction of sp³-hybridized carbons (Fsp3) is 0.143. The van der Waals surface area contributed by atoms with Crippen molar-refractivity contribution in [3.8, 4) is 11.4 Å². The monoisotopic (exact) mass is 399 g/mol. The highest BCUT2D eigenvalue weighted by molar-refractivity contribution is 7.09. The van der Waals surface area contributed by atoms with Crippen molar-refractivity contribution in [2.75, 3.05) is 11.9 Å². The molecule has 0 atom stereocenters. The van der Waals surface area contributed by atoms with Gasteiger partial charge in [-0.15, -0.1) is 11.3 Å². The van der Waals surface area contributed by atoms with Gasteiger partial charge < -0.3 is 5.32 Å². The molecule has 0 aliphatic carbocycles. The molecule has 0 aliphatic heterocycles. The van der Waals surface area contributed by atoms with Gasteiger partial charge in [-0.2, -0.15) is 13.2 Å². The predicted octanol–water partition coefficient (Wildman–Crippen LogP) is 6.03. The number of nitrogens with one attached hydrogen (secondary N) is 1. The van der Waals surface area contributed by atoms with Crippen molar-refractivity contribution in [3.63, 3.8) is 0 Å². The van der Waals surface area contributed by atoms with Gasteiger partial charge in [0.05, 0.1) is 11.1 Å². The van der Waals surface area contributed by atoms with Crippen LogP contribution >= 0.6 is 11.3 Å². The second-order valence-corrected chi connectivity index (χ2v) is 7.24. The number of para-hydroxylation sites is 1. The molecule has 2 aromatic heterocycles. The molecule has 4 aromatic rings. The lowest BCUT2D eigenvalue weighted by molar-refractivity contribution is -0.137. The molecular formula is C21H16F3N3S. The smallest absolute Gasteiger partial charge is 0.369 e. The number of aromatic nitrogens is 2. The Morgan fingerprint density at radius 2 is 1.68 bits per heavy atom. The fourth-order valence-corrected chi connectivity index (χ4v) is 3.73. The quantitative estimate of drug-likeness (QED) is 0.445. The van der Waals surface area contributed by atoms with E-state index < -0.39 is 11.7 Å². The van der Waals surface area contributed by atoms with Crippen molar-refractivity contribution >= 4 is 28.1 Å². The highest BCUT2D eigenvalue weighted by atomic mass is 32.1. The number of nitrogens with zero attached hydrogens (tertiary/aromatic N) is 2. The summed E-state index contributed by atoms with van der Waals surface area (Å²) in [4.78, 5) is 10.1. The first-order valence-electron chi connectivity index (χ1n) is 8.72. The zero-order valence-electron chi connectivity index (χ0n) is 14.7. The fourth-order valence-electron chi connectivity index (χ4n) is 3.02. The van der Waals surface area contributed by atoms with E-state index in [0.717, 1.165) is 17.9 Å². The minimum Gasteiger partial charge on any atom is -0.369 e. The van der Waals surface area contributed by atoms with Crippen molar-refractivity contribution in [3.05, 3.63) is 76.5 Å². The summed E-state index contributed by atoms with van der Waals surface area (Å²) in [6.45, 7) is 0.627. The van der Waals surface area contributed by atoms with Gasteiger partial charge in [0.15, 0.2) is 5.82 Å². The second kappa shape index (κ2) is 7.59. The predicted molar refractivity (Wildman–Crippen MR) is 106 cm³/mol. The summed E-state index contributed by atoms with van der Waals surface area (Å²) in [7, 11) is 0. The Kier molecular flexibility index (Phi) is 5.00. The standard InChI is InChI=1S/C21H16F3N3S/c22-21(23,24)17-9-3-1-7-15(17)20-26-18-10-4-2-8-16(18)19(27-20)25-12-11-14-6-5-13-28-14/h1-10,13H,11-12H2,(H,25,26,27). The number of benzene rings is 2. The van der Waals surface area contributed by atoms with Gasteiger partial charge in [0.25, 0.3) is 0 Å². The molecule has 2 aromatic carbocycles. The minimum atomic E-state index is -4.47. The van der Waals surface area contributed by atoms with Crippen LogP contribution in [-0.2, 0) is 12.6 Å². The Morgan fingerprint density at radius 1 is 0.893 bits per heavy atom. The topological polar surface area (TPSA) is 37.8 Å². The van der Waals surface area contributed by atoms with Crippen molar-refractivity contribution in [1.29, 1.82) is 0 Å². The average molecular weight is 399 g/mol. The zero-order chi connectivity index (χ0) is 19.6. The van der Waals surface area contributed by atoms with E-state index >= 15 is 0 Å². The molecule has 0 unspecified atom stereocenters. The van der Waals surface area contributed by atoms with Crippen molar-refractivity contribution in [2.45, 2.75) is 12.6 Å². The molecule has 3 nitrogen and oxygen atoms in total. The van der Waals surface area contributed by atoms with E-state index in [1.165, 1.54) is 17.0 Å². The first kappa shape index (κ1) is 18.4. The number of alkyl halides is 3. The molecule has 0 spiro atoms. The van der Waals surface area contributed by atoms with Crippen LogP contribution in [-0.4, -0.2) is 16.5 Å². The number of anilines is 1. The lowest BCUT2D eigenvalue weighted by Crippen LogP contribution is -2.10. The third-order valence-corrected chi connectivity index (χ3v) is 5.26. The van der Waals surface area contributed by atoms with E-state index in [-0.39, 0.29) is 11.4 Å². The Balaban J connectivity index is 1.74. The third kappa shape index (κ3) is 3.84. The lowest BCUT2D eigenvalue weighted by atomic mass is 10.1. The third-order valence-electron chi connectivity index (χ3n) is 4.32. The maximum absolute atomic E-state index is 13.4. The van der Waals surface area contributed by atoms with E-state index in [2.05, 4.69) is 21.4 Å². The summed E-state index contributed by atoms with van der Waals surface area (Å²) in [6.07, 6.45) is -3.66. The molecule has 0 saturated carbocycles. The van der Waals surface area contributed by atoms with Crippen molar-refractivity contribution in [1.82, 2.24) is 9.97 Å². The van der Waals surface area contributed by atoms with Gasteiger partial charge >= 0.3 is 6.18 Å². The van der Waals surface area contributed by atoms with Crippen molar-refractivity contribution < 1.29 is 13.2 Å². The normalized spacial score (nSPS) is 11.7. The number of rotatable bonds is 5. The number of thiophene rings is 1. The molecule has 0 fully saturated rings. The first-order valence-corrected chi connectivity index (χ1v) is 9.60. The van der Waals surface area contributed by atoms with E-state index in [9.17, 15) is 13.2 Å². The summed E-state index contributed by atoms with van der Waals surface area (Å²) in [6, 6.07) is 16.7. The number of hydrogen-bond acceptors (Lipinski definition) is 4. The van der Waals surface area contributed by atoms with Crippen LogP contribution in [0.25, 0.3) is 22.3 Å². The summed E-state index contributed by atoms with van der Waals surface area (Å²) in [5.41, 5.74) is -0.167. The Morgan fingerprint density at radius 3 is 2.46 bits per heavy atom. The summed E-state index contributed by atoms with van der Waals surface area (Å²) < 4.78 is 40.3. The molecule has 2 heterocycles. The van der Waals surface area contributed by atoms with Crippen molar-refractivity contribution in [2.24, 2.45) is 0 Å². The van der Waals surface area contributed by atoms with Gasteiger partial charge in [0.2, 0.25) is 0 Å². The maximum Gasteiger partial charge on any atom is 0.417 e. The zero-order valence-corrected chi connectivity index (χ0v) is 15.5. The van der Waals surface area contributed by atoms with Crippen LogP contribution in [0.15, 0.2) is 66.0 Å². The molecule has 28 heavy (non-hydrogen) atoms. The van der Waals surface area contributed by atoms with E-state index in [1.54, 1.807) is 23.5 Å². The summed E-state index contributed by atoms with van der Waals surface area (Å²) in [5, 5.41) is 6.06. The molecule has 0 amide bonds. The van der Waals surface area contributed by atoms with Crippen LogP contribution in [0.2, 0.25) is 0 Å². The minimum absolute atomic E-state index is 0.0259. The molecule has 0 saturated heterocycles. The maximum atomic E-state index is 13.4. The highest BCUT2D eigenvalue weighted by Gasteiger charge is 2.34. The Labute approximate surface area is 163 Å². The molecule has 4 rings (SSSR count). The molecule has 0 radical (unpaired) electrons. The highest BCUT2D eigenvalue weighted by Crippen LogP contribution is 2.36. The SMILES string of the molecule is FC(F)(F)c1ccccc1-c1nc(NCCc2cccs2)c2ccccc2n1. The van der Waals surface area contributed by atoms with E-state index in [4.69, 9.17) is 0 Å². The molecule has 1 N–H and O–H groups in total. The van der Waals surface area contributed by atoms with Crippen LogP contribution in [0, 0.1) is 0 Å². The van der Waals surface area contributed by atoms with E-state index in [1.807, 2.05) is 29.6 Å². The molecule has 0 aliphatic rings. The van der Waals surface area contributed by atoms with Crippen LogP contribution in [0.1, 0.15) is 10.4 Å². The largest absolute Gasteiger partial charge is 0.417 e. The summed E-state index contributed by atoms with van der Waals surface area (Å²) in [5.74, 6) is 0.597. The van der Waals surface area contributed by atoms with Gasteiger partial charge in [-0.25, -0.2) is 9.97 Å². The van der Waals surface area contributed by atoms with Crippen LogP contribution < -0.4 is 5.32 Å². The van der Waals surface area contributed by atoms with Gasteiger partial charge in [-0.1, -0.05) is 36.4 Å². The van der Waals surface area contributed by atoms with Gasteiger partial charge in [0.1, 0.15) is 5.82 Å². The van der Waals surface area contributed by atoms with Gasteiger partial charge in [-0.05, 0) is 36.1 Å². The number of hydrogen-bond donors (Lipinski definition) is 1. The molecule has 7 heteroatoms. The number of halogens is 3. The Hall–Kier alpha value is -2.93. The van der Waals surface area contributed by atoms with Crippen LogP contribution in [0.5, 0.6) is 0 Å². The van der Waals surface area contributed by atoms with Gasteiger partial charge in [-0.3, -0.25) is 0 Å². The van der Waals surface area contributed by atoms with Crippen LogP contribution in [0.4, 0.5) is 19.0 Å². The lowest BCUT2D eigenvalue weighted by Gasteiger charge is -2.14. The molecular weight excluding hydrogens is 383 g/mol. The summed E-state index contributed by atoms with van der Waals surface area (Å²) >= 11 is 1.67. The first-order chi connectivity index (χ1) is 13.5. The molecule has 0 bridgehead atoms. The van der Waals surface area contributed by atoms with Crippen LogP contribution in [0.3, 0.4) is 0 Å². The van der Waals surface area contributed by atoms with E-state index in [0.29, 0.717) is 17.9 Å². The Bertz CT molecular complexity index is 1090.